The summed E-state index contributed by atoms with van der Waals surface area (Å²) < 4.78 is 2.83. The predicted molar refractivity (Wildman–Crippen MR) is 92.3 cm³/mol. The van der Waals surface area contributed by atoms with Crippen LogP contribution >= 0.6 is 0 Å². The molecule has 0 saturated heterocycles. The summed E-state index contributed by atoms with van der Waals surface area (Å²) in [6.45, 7) is 5.62. The molecule has 0 spiro atoms. The summed E-state index contributed by atoms with van der Waals surface area (Å²) in [4.78, 5) is 30.0. The molecular weight excluding hydrogens is 304 g/mol. The maximum atomic E-state index is 12.8. The zero-order valence-electron chi connectivity index (χ0n) is 14.1. The maximum absolute atomic E-state index is 12.8. The van der Waals surface area contributed by atoms with Gasteiger partial charge in [0.2, 0.25) is 0 Å². The fourth-order valence-electron chi connectivity index (χ4n) is 2.88. The van der Waals surface area contributed by atoms with Crippen LogP contribution in [0.5, 0.6) is 0 Å². The van der Waals surface area contributed by atoms with E-state index in [2.05, 4.69) is 10.1 Å². The van der Waals surface area contributed by atoms with Crippen LogP contribution in [-0.2, 0) is 13.0 Å². The molecule has 0 atom stereocenters. The summed E-state index contributed by atoms with van der Waals surface area (Å²) in [6, 6.07) is 9.06. The number of carbonyl (C=O) groups is 1. The second kappa shape index (κ2) is 6.39. The molecule has 3 aromatic rings. The molecular formula is C18H20N4O2. The highest BCUT2D eigenvalue weighted by Gasteiger charge is 2.16. The number of nitrogens with zero attached hydrogens (tertiary/aromatic N) is 4. The zero-order valence-corrected chi connectivity index (χ0v) is 14.1. The highest BCUT2D eigenvalue weighted by atomic mass is 16.2. The molecule has 0 N–H and O–H groups in total. The average molecular weight is 324 g/mol. The Labute approximate surface area is 139 Å². The number of hydrogen-bond acceptors (Lipinski definition) is 4. The van der Waals surface area contributed by atoms with E-state index in [1.807, 2.05) is 39.0 Å². The number of aromatic nitrogens is 4. The minimum Gasteiger partial charge on any atom is -0.286 e. The van der Waals surface area contributed by atoms with Crippen LogP contribution in [0.15, 0.2) is 35.1 Å². The largest absolute Gasteiger partial charge is 0.286 e. The van der Waals surface area contributed by atoms with Crippen molar-refractivity contribution in [2.75, 3.05) is 0 Å². The molecule has 0 saturated carbocycles. The Morgan fingerprint density at radius 1 is 1.21 bits per heavy atom. The molecule has 1 aromatic carbocycles. The third kappa shape index (κ3) is 2.87. The summed E-state index contributed by atoms with van der Waals surface area (Å²) in [5, 5.41) is 4.73. The van der Waals surface area contributed by atoms with E-state index in [1.54, 1.807) is 12.1 Å². The quantitative estimate of drug-likeness (QED) is 0.739. The number of benzene rings is 1. The van der Waals surface area contributed by atoms with Crippen LogP contribution in [0.4, 0.5) is 0 Å². The minimum atomic E-state index is -0.239. The predicted octanol–water partition coefficient (Wildman–Crippen LogP) is 2.50. The molecule has 0 fully saturated rings. The van der Waals surface area contributed by atoms with Gasteiger partial charge < -0.3 is 0 Å². The number of rotatable bonds is 4. The molecule has 3 rings (SSSR count). The van der Waals surface area contributed by atoms with Crippen LogP contribution in [0.1, 0.15) is 35.4 Å². The van der Waals surface area contributed by atoms with Gasteiger partial charge in [0.25, 0.3) is 11.5 Å². The lowest BCUT2D eigenvalue weighted by atomic mass is 10.2. The molecule has 24 heavy (non-hydrogen) atoms. The Morgan fingerprint density at radius 3 is 2.62 bits per heavy atom. The molecule has 2 aromatic heterocycles. The maximum Gasteiger partial charge on any atom is 0.267 e. The van der Waals surface area contributed by atoms with E-state index >= 15 is 0 Å². The van der Waals surface area contributed by atoms with Crippen molar-refractivity contribution in [3.8, 4) is 0 Å². The summed E-state index contributed by atoms with van der Waals surface area (Å²) in [7, 11) is 0. The van der Waals surface area contributed by atoms with Gasteiger partial charge in [0.1, 0.15) is 12.4 Å². The van der Waals surface area contributed by atoms with Crippen molar-refractivity contribution in [1.82, 2.24) is 19.3 Å². The van der Waals surface area contributed by atoms with Crippen LogP contribution in [0.3, 0.4) is 0 Å². The lowest BCUT2D eigenvalue weighted by Crippen LogP contribution is -2.31. The Morgan fingerprint density at radius 2 is 1.96 bits per heavy atom. The van der Waals surface area contributed by atoms with Gasteiger partial charge in [-0.05, 0) is 38.5 Å². The van der Waals surface area contributed by atoms with Crippen molar-refractivity contribution in [1.29, 1.82) is 0 Å². The molecule has 124 valence electrons. The molecule has 2 heterocycles. The molecule has 0 aliphatic rings. The lowest BCUT2D eigenvalue weighted by Gasteiger charge is -2.13. The van der Waals surface area contributed by atoms with Gasteiger partial charge in [-0.2, -0.15) is 5.10 Å². The molecule has 0 aliphatic heterocycles. The van der Waals surface area contributed by atoms with Gasteiger partial charge in [0.05, 0.1) is 16.6 Å². The molecule has 0 aliphatic carbocycles. The zero-order chi connectivity index (χ0) is 17.3. The second-order valence-electron chi connectivity index (χ2n) is 5.92. The second-order valence-corrected chi connectivity index (χ2v) is 5.92. The summed E-state index contributed by atoms with van der Waals surface area (Å²) in [5.41, 5.74) is 2.02. The Hall–Kier alpha value is -2.76. The highest BCUT2D eigenvalue weighted by Crippen LogP contribution is 2.10. The van der Waals surface area contributed by atoms with Gasteiger partial charge in [-0.15, -0.1) is 0 Å². The van der Waals surface area contributed by atoms with E-state index < -0.39 is 0 Å². The van der Waals surface area contributed by atoms with Gasteiger partial charge in [-0.25, -0.2) is 9.67 Å². The van der Waals surface area contributed by atoms with Crippen molar-refractivity contribution in [3.05, 3.63) is 57.9 Å². The van der Waals surface area contributed by atoms with E-state index in [-0.39, 0.29) is 18.0 Å². The first kappa shape index (κ1) is 16.1. The van der Waals surface area contributed by atoms with Crippen molar-refractivity contribution in [2.24, 2.45) is 0 Å². The molecule has 0 radical (unpaired) electrons. The fourth-order valence-corrected chi connectivity index (χ4v) is 2.88. The van der Waals surface area contributed by atoms with Crippen LogP contribution in [0.25, 0.3) is 10.9 Å². The van der Waals surface area contributed by atoms with Crippen molar-refractivity contribution in [2.45, 2.75) is 40.2 Å². The SMILES string of the molecule is CCCc1nc2ccccc2c(=O)n1CC(=O)n1nc(C)cc1C. The van der Waals surface area contributed by atoms with Crippen molar-refractivity contribution >= 4 is 16.8 Å². The van der Waals surface area contributed by atoms with E-state index in [0.29, 0.717) is 23.1 Å². The smallest absolute Gasteiger partial charge is 0.267 e. The molecule has 0 amide bonds. The minimum absolute atomic E-state index is 0.0615. The normalized spacial score (nSPS) is 11.1. The third-order valence-corrected chi connectivity index (χ3v) is 3.95. The van der Waals surface area contributed by atoms with Crippen LogP contribution in [0.2, 0.25) is 0 Å². The number of para-hydroxylation sites is 1. The first-order valence-electron chi connectivity index (χ1n) is 8.06. The molecule has 0 unspecified atom stereocenters. The Balaban J connectivity index is 2.09. The van der Waals surface area contributed by atoms with Gasteiger partial charge in [-0.1, -0.05) is 19.1 Å². The Bertz CT molecular complexity index is 969. The summed E-state index contributed by atoms with van der Waals surface area (Å²) in [6.07, 6.45) is 1.49. The van der Waals surface area contributed by atoms with E-state index in [0.717, 1.165) is 17.8 Å². The number of aryl methyl sites for hydroxylation is 3. The van der Waals surface area contributed by atoms with Crippen molar-refractivity contribution < 1.29 is 4.79 Å². The average Bonchev–Trinajstić information content (AvgIpc) is 2.90. The topological polar surface area (TPSA) is 69.8 Å². The molecule has 6 nitrogen and oxygen atoms in total. The number of fused-ring (bicyclic) bond motifs is 1. The van der Waals surface area contributed by atoms with E-state index in [9.17, 15) is 9.59 Å². The number of hydrogen-bond donors (Lipinski definition) is 0. The standard InChI is InChI=1S/C18H20N4O2/c1-4-7-16-19-15-9-6-5-8-14(15)18(24)21(16)11-17(23)22-13(3)10-12(2)20-22/h5-6,8-10H,4,7,11H2,1-3H3. The third-order valence-electron chi connectivity index (χ3n) is 3.95. The fraction of sp³-hybridized carbons (Fsp3) is 0.333. The van der Waals surface area contributed by atoms with Crippen molar-refractivity contribution in [3.63, 3.8) is 0 Å². The monoisotopic (exact) mass is 324 g/mol. The van der Waals surface area contributed by atoms with Gasteiger partial charge in [0, 0.05) is 12.1 Å². The van der Waals surface area contributed by atoms with Crippen LogP contribution in [0, 0.1) is 13.8 Å². The van der Waals surface area contributed by atoms with E-state index in [1.165, 1.54) is 9.25 Å². The highest BCUT2D eigenvalue weighted by molar-refractivity contribution is 5.80. The lowest BCUT2D eigenvalue weighted by molar-refractivity contribution is 0.0869. The number of carbonyl (C=O) groups excluding carboxylic acids is 1. The van der Waals surface area contributed by atoms with E-state index in [4.69, 9.17) is 0 Å². The van der Waals surface area contributed by atoms with Gasteiger partial charge >= 0.3 is 0 Å². The van der Waals surface area contributed by atoms with Crippen LogP contribution in [-0.4, -0.2) is 25.2 Å². The Kier molecular flexibility index (Phi) is 4.29. The van der Waals surface area contributed by atoms with Gasteiger partial charge in [0.15, 0.2) is 0 Å². The first-order valence-corrected chi connectivity index (χ1v) is 8.06. The van der Waals surface area contributed by atoms with Gasteiger partial charge in [-0.3, -0.25) is 14.2 Å². The molecule has 0 bridgehead atoms. The van der Waals surface area contributed by atoms with Crippen LogP contribution < -0.4 is 5.56 Å². The molecule has 6 heteroatoms. The summed E-state index contributed by atoms with van der Waals surface area (Å²) in [5.74, 6) is 0.396. The first-order chi connectivity index (χ1) is 11.5. The summed E-state index contributed by atoms with van der Waals surface area (Å²) >= 11 is 0.